The van der Waals surface area contributed by atoms with Crippen LogP contribution in [-0.4, -0.2) is 57.4 Å². The van der Waals surface area contributed by atoms with E-state index in [0.717, 1.165) is 12.2 Å². The highest BCUT2D eigenvalue weighted by atomic mass is 16.5. The summed E-state index contributed by atoms with van der Waals surface area (Å²) < 4.78 is 4.91. The maximum atomic E-state index is 10.2. The normalized spacial score (nSPS) is 38.8. The molecule has 6 nitrogen and oxygen atoms in total. The Labute approximate surface area is 80.1 Å². The maximum absolute atomic E-state index is 10.2. The number of rotatable bonds is 2. The summed E-state index contributed by atoms with van der Waals surface area (Å²) in [4.78, 5) is 10.2. The molecule has 4 atom stereocenters. The van der Waals surface area contributed by atoms with Gasteiger partial charge >= 0.3 is 5.97 Å². The number of aliphatic hydroxyl groups excluding tert-OH is 3. The van der Waals surface area contributed by atoms with E-state index in [2.05, 4.69) is 0 Å². The molecule has 6 heteroatoms. The molecule has 4 N–H and O–H groups in total. The van der Waals surface area contributed by atoms with Crippen molar-refractivity contribution in [2.45, 2.75) is 24.4 Å². The Morgan fingerprint density at radius 1 is 1.29 bits per heavy atom. The first-order valence-electron chi connectivity index (χ1n) is 4.09. The van der Waals surface area contributed by atoms with Gasteiger partial charge in [0.05, 0.1) is 6.61 Å². The summed E-state index contributed by atoms with van der Waals surface area (Å²) in [6, 6.07) is 0. The summed E-state index contributed by atoms with van der Waals surface area (Å²) in [6.45, 7) is -0.132. The summed E-state index contributed by atoms with van der Waals surface area (Å²) in [6.07, 6.45) is -2.72. The smallest absolute Gasteiger partial charge is 0.328 e. The van der Waals surface area contributed by atoms with Crippen molar-refractivity contribution in [1.29, 1.82) is 0 Å². The number of ether oxygens (including phenoxy) is 1. The van der Waals surface area contributed by atoms with E-state index in [4.69, 9.17) is 14.9 Å². The van der Waals surface area contributed by atoms with Gasteiger partial charge in [0.25, 0.3) is 0 Å². The molecule has 1 rings (SSSR count). The van der Waals surface area contributed by atoms with Crippen LogP contribution < -0.4 is 0 Å². The first-order chi connectivity index (χ1) is 6.52. The third-order valence-electron chi connectivity index (χ3n) is 1.97. The Balaban J connectivity index is 2.59. The van der Waals surface area contributed by atoms with Gasteiger partial charge < -0.3 is 25.2 Å². The fourth-order valence-electron chi connectivity index (χ4n) is 1.18. The minimum Gasteiger partial charge on any atom is -0.478 e. The van der Waals surface area contributed by atoms with Gasteiger partial charge in [-0.3, -0.25) is 0 Å². The second-order valence-corrected chi connectivity index (χ2v) is 3.04. The van der Waals surface area contributed by atoms with Crippen molar-refractivity contribution < 1.29 is 30.0 Å². The lowest BCUT2D eigenvalue weighted by atomic mass is 10.00. The number of carboxylic acids is 1. The summed E-state index contributed by atoms with van der Waals surface area (Å²) in [7, 11) is 0. The van der Waals surface area contributed by atoms with Crippen molar-refractivity contribution in [3.8, 4) is 0 Å². The average molecular weight is 204 g/mol. The molecule has 0 amide bonds. The van der Waals surface area contributed by atoms with Gasteiger partial charge in [0.15, 0.2) is 0 Å². The van der Waals surface area contributed by atoms with Crippen molar-refractivity contribution in [2.75, 3.05) is 6.61 Å². The predicted molar refractivity (Wildman–Crippen MR) is 44.5 cm³/mol. The zero-order valence-electron chi connectivity index (χ0n) is 7.28. The molecule has 0 radical (unpaired) electrons. The van der Waals surface area contributed by atoms with E-state index < -0.39 is 30.4 Å². The zero-order valence-corrected chi connectivity index (χ0v) is 7.28. The third-order valence-corrected chi connectivity index (χ3v) is 1.97. The van der Waals surface area contributed by atoms with Crippen LogP contribution in [0.1, 0.15) is 0 Å². The Hall–Kier alpha value is -0.950. The van der Waals surface area contributed by atoms with E-state index in [9.17, 15) is 15.0 Å². The molecule has 1 fully saturated rings. The average Bonchev–Trinajstić information content (AvgIpc) is 2.13. The van der Waals surface area contributed by atoms with Crippen LogP contribution in [0.5, 0.6) is 0 Å². The molecule has 1 heterocycles. The quantitative estimate of drug-likeness (QED) is 0.392. The first kappa shape index (κ1) is 11.1. The molecule has 1 aliphatic rings. The predicted octanol–water partition coefficient (Wildman–Crippen LogP) is -1.89. The van der Waals surface area contributed by atoms with Crippen molar-refractivity contribution in [2.24, 2.45) is 0 Å². The van der Waals surface area contributed by atoms with Crippen LogP contribution in [-0.2, 0) is 9.53 Å². The molecule has 0 aromatic rings. The van der Waals surface area contributed by atoms with E-state index >= 15 is 0 Å². The number of carboxylic acid groups (broad SMARTS) is 1. The Morgan fingerprint density at radius 3 is 2.50 bits per heavy atom. The Morgan fingerprint density at radius 2 is 1.93 bits per heavy atom. The minimum absolute atomic E-state index is 0.132. The molecule has 0 bridgehead atoms. The number of carbonyl (C=O) groups is 1. The van der Waals surface area contributed by atoms with Gasteiger partial charge in [-0.15, -0.1) is 0 Å². The Bertz CT molecular complexity index is 238. The second-order valence-electron chi connectivity index (χ2n) is 3.04. The van der Waals surface area contributed by atoms with Crippen LogP contribution in [0.3, 0.4) is 0 Å². The standard InChI is InChI=1S/C8H12O6/c9-4-3-14-5(1-2-6(10)11)8(13)7(4)12/h1-2,4-5,7-9,12-13H,3H2,(H,10,11)/b2-1+/t4-,5-,7-,8-/m1/s1. The van der Waals surface area contributed by atoms with E-state index in [1.807, 2.05) is 0 Å². The third kappa shape index (κ3) is 2.52. The summed E-state index contributed by atoms with van der Waals surface area (Å²) in [5.41, 5.74) is 0. The molecule has 0 saturated carbocycles. The molecule has 1 saturated heterocycles. The topological polar surface area (TPSA) is 107 Å². The van der Waals surface area contributed by atoms with Gasteiger partial charge in [-0.05, 0) is 6.08 Å². The molecule has 14 heavy (non-hydrogen) atoms. The number of aliphatic carboxylic acids is 1. The first-order valence-corrected chi connectivity index (χ1v) is 4.09. The number of hydrogen-bond acceptors (Lipinski definition) is 5. The van der Waals surface area contributed by atoms with Gasteiger partial charge in [0, 0.05) is 6.08 Å². The van der Waals surface area contributed by atoms with Crippen molar-refractivity contribution in [3.05, 3.63) is 12.2 Å². The van der Waals surface area contributed by atoms with E-state index in [1.165, 1.54) is 0 Å². The summed E-state index contributed by atoms with van der Waals surface area (Å²) in [5.74, 6) is -1.17. The lowest BCUT2D eigenvalue weighted by Crippen LogP contribution is -2.52. The molecule has 0 aromatic heterocycles. The molecule has 1 aliphatic heterocycles. The molecular weight excluding hydrogens is 192 g/mol. The molecule has 80 valence electrons. The van der Waals surface area contributed by atoms with Gasteiger partial charge in [-0.2, -0.15) is 0 Å². The van der Waals surface area contributed by atoms with Crippen LogP contribution in [0.2, 0.25) is 0 Å². The van der Waals surface area contributed by atoms with E-state index in [-0.39, 0.29) is 6.61 Å². The van der Waals surface area contributed by atoms with E-state index in [0.29, 0.717) is 0 Å². The lowest BCUT2D eigenvalue weighted by Gasteiger charge is -2.33. The van der Waals surface area contributed by atoms with Crippen molar-refractivity contribution in [3.63, 3.8) is 0 Å². The van der Waals surface area contributed by atoms with Gasteiger partial charge in [-0.25, -0.2) is 4.79 Å². The largest absolute Gasteiger partial charge is 0.478 e. The molecule has 0 aliphatic carbocycles. The van der Waals surface area contributed by atoms with Gasteiger partial charge in [-0.1, -0.05) is 0 Å². The molecular formula is C8H12O6. The van der Waals surface area contributed by atoms with Crippen LogP contribution in [0.4, 0.5) is 0 Å². The summed E-state index contributed by atoms with van der Waals surface area (Å²) in [5, 5.41) is 35.9. The maximum Gasteiger partial charge on any atom is 0.328 e. The molecule has 0 spiro atoms. The molecule has 0 unspecified atom stereocenters. The zero-order chi connectivity index (χ0) is 10.7. The van der Waals surface area contributed by atoms with Crippen LogP contribution in [0, 0.1) is 0 Å². The van der Waals surface area contributed by atoms with Crippen molar-refractivity contribution in [1.82, 2.24) is 0 Å². The van der Waals surface area contributed by atoms with Gasteiger partial charge in [0.2, 0.25) is 0 Å². The number of hydrogen-bond donors (Lipinski definition) is 4. The minimum atomic E-state index is -1.31. The van der Waals surface area contributed by atoms with Crippen LogP contribution >= 0.6 is 0 Å². The fraction of sp³-hybridized carbons (Fsp3) is 0.625. The molecule has 0 aromatic carbocycles. The lowest BCUT2D eigenvalue weighted by molar-refractivity contribution is -0.173. The highest BCUT2D eigenvalue weighted by Crippen LogP contribution is 2.16. The summed E-state index contributed by atoms with van der Waals surface area (Å²) >= 11 is 0. The Kier molecular flexibility index (Phi) is 3.59. The fourth-order valence-corrected chi connectivity index (χ4v) is 1.18. The van der Waals surface area contributed by atoms with Crippen LogP contribution in [0.15, 0.2) is 12.2 Å². The highest BCUT2D eigenvalue weighted by Gasteiger charge is 2.36. The SMILES string of the molecule is O=C(O)/C=C/[C@H]1OC[C@@H](O)[C@@H](O)[C@@H]1O. The van der Waals surface area contributed by atoms with E-state index in [1.54, 1.807) is 0 Å². The monoisotopic (exact) mass is 204 g/mol. The number of aliphatic hydroxyl groups is 3. The van der Waals surface area contributed by atoms with Crippen LogP contribution in [0.25, 0.3) is 0 Å². The van der Waals surface area contributed by atoms with Gasteiger partial charge in [0.1, 0.15) is 24.4 Å². The second kappa shape index (κ2) is 4.52. The van der Waals surface area contributed by atoms with Crippen molar-refractivity contribution >= 4 is 5.97 Å². The highest BCUT2D eigenvalue weighted by molar-refractivity contribution is 5.79.